The van der Waals surface area contributed by atoms with E-state index < -0.39 is 17.8 Å². The van der Waals surface area contributed by atoms with Crippen LogP contribution in [0.4, 0.5) is 0 Å². The van der Waals surface area contributed by atoms with Crippen molar-refractivity contribution in [1.29, 1.82) is 0 Å². The number of ether oxygens (including phenoxy) is 3. The van der Waals surface area contributed by atoms with Crippen molar-refractivity contribution >= 4 is 55.5 Å². The number of benzene rings is 3. The Morgan fingerprint density at radius 2 is 1.95 bits per heavy atom. The second kappa shape index (κ2) is 8.97. The molecular formula is C31H31N3O6. The van der Waals surface area contributed by atoms with Gasteiger partial charge in [0.15, 0.2) is 5.60 Å². The number of nitrogens with zero attached hydrogens (tertiary/aromatic N) is 2. The van der Waals surface area contributed by atoms with E-state index in [9.17, 15) is 14.7 Å². The molecule has 9 heteroatoms. The summed E-state index contributed by atoms with van der Waals surface area (Å²) in [7, 11) is 1.28. The van der Waals surface area contributed by atoms with Gasteiger partial charge in [0.1, 0.15) is 18.7 Å². The lowest BCUT2D eigenvalue weighted by atomic mass is 9.95. The Labute approximate surface area is 230 Å². The van der Waals surface area contributed by atoms with Gasteiger partial charge < -0.3 is 33.8 Å². The molecule has 2 aliphatic heterocycles. The predicted molar refractivity (Wildman–Crippen MR) is 151 cm³/mol. The summed E-state index contributed by atoms with van der Waals surface area (Å²) in [6.07, 6.45) is 0.304. The molecule has 2 aliphatic rings. The van der Waals surface area contributed by atoms with Crippen LogP contribution in [-0.2, 0) is 27.5 Å². The molecule has 40 heavy (non-hydrogen) atoms. The Kier molecular flexibility index (Phi) is 5.59. The van der Waals surface area contributed by atoms with Gasteiger partial charge >= 0.3 is 5.97 Å². The minimum absolute atomic E-state index is 0.0172. The van der Waals surface area contributed by atoms with Crippen molar-refractivity contribution in [3.63, 3.8) is 0 Å². The zero-order chi connectivity index (χ0) is 27.8. The van der Waals surface area contributed by atoms with Crippen LogP contribution in [0.1, 0.15) is 55.3 Å². The zero-order valence-corrected chi connectivity index (χ0v) is 22.7. The lowest BCUT2D eigenvalue weighted by Crippen LogP contribution is -2.41. The molecule has 4 heterocycles. The van der Waals surface area contributed by atoms with E-state index in [0.717, 1.165) is 61.3 Å². The van der Waals surface area contributed by atoms with Crippen LogP contribution in [0.2, 0.25) is 0 Å². The molecule has 0 radical (unpaired) electrons. The molecule has 0 fully saturated rings. The lowest BCUT2D eigenvalue weighted by molar-refractivity contribution is -0.170. The molecule has 7 rings (SSSR count). The van der Waals surface area contributed by atoms with Gasteiger partial charge in [-0.05, 0) is 42.7 Å². The molecule has 206 valence electrons. The van der Waals surface area contributed by atoms with E-state index in [0.29, 0.717) is 18.7 Å². The third-order valence-electron chi connectivity index (χ3n) is 8.50. The van der Waals surface area contributed by atoms with Gasteiger partial charge in [-0.3, -0.25) is 4.79 Å². The highest BCUT2D eigenvalue weighted by atomic mass is 16.5. The van der Waals surface area contributed by atoms with Gasteiger partial charge in [0.2, 0.25) is 0 Å². The van der Waals surface area contributed by atoms with E-state index in [1.807, 2.05) is 30.3 Å². The fourth-order valence-electron chi connectivity index (χ4n) is 6.57. The van der Waals surface area contributed by atoms with Gasteiger partial charge in [-0.15, -0.1) is 0 Å². The van der Waals surface area contributed by atoms with Gasteiger partial charge in [0, 0.05) is 34.5 Å². The fraction of sp³-hybridized carbons (Fsp3) is 0.355. The van der Waals surface area contributed by atoms with Crippen LogP contribution in [0, 0.1) is 0 Å². The van der Waals surface area contributed by atoms with Crippen LogP contribution in [0.3, 0.4) is 0 Å². The first-order valence-corrected chi connectivity index (χ1v) is 13.8. The first-order valence-electron chi connectivity index (χ1n) is 13.8. The monoisotopic (exact) mass is 541 g/mol. The number of fused-ring (bicyclic) bond motifs is 9. The summed E-state index contributed by atoms with van der Waals surface area (Å²) in [6, 6.07) is 14.0. The Hall–Kier alpha value is -4.08. The molecule has 3 aromatic carbocycles. The lowest BCUT2D eigenvalue weighted by Gasteiger charge is -2.29. The third kappa shape index (κ3) is 3.28. The Morgan fingerprint density at radius 1 is 1.12 bits per heavy atom. The number of rotatable bonds is 7. The summed E-state index contributed by atoms with van der Waals surface area (Å²) >= 11 is 0. The van der Waals surface area contributed by atoms with Crippen molar-refractivity contribution in [3.8, 4) is 5.75 Å². The van der Waals surface area contributed by atoms with Crippen LogP contribution >= 0.6 is 0 Å². The maximum absolute atomic E-state index is 13.5. The van der Waals surface area contributed by atoms with Gasteiger partial charge in [-0.25, -0.2) is 4.79 Å². The molecule has 0 spiro atoms. The first kappa shape index (κ1) is 24.9. The van der Waals surface area contributed by atoms with E-state index >= 15 is 0 Å². The molecule has 2 atom stereocenters. The number of para-hydroxylation sites is 1. The standard InChI is InChI=1S/C31H31N3O6/c1-4-12-39-17-10-11-22-19(13-17)25-26-20(15-32-29(26)35)24-18-8-6-7-9-21(18)33-16-40-23(34(22)28(25)27(24)33)14-31(37,5-2)30(36)38-3/h6-11,13,23,37H,4-5,12,14-16H2,1-3H3,(H,32,35)/t23-,31+/m1/s1. The minimum atomic E-state index is -1.75. The summed E-state index contributed by atoms with van der Waals surface area (Å²) in [6.45, 7) is 5.04. The molecule has 0 aliphatic carbocycles. The summed E-state index contributed by atoms with van der Waals surface area (Å²) in [5, 5.41) is 18.2. The average Bonchev–Trinajstić information content (AvgIpc) is 3.59. The average molecular weight is 542 g/mol. The largest absolute Gasteiger partial charge is 0.494 e. The molecule has 0 saturated heterocycles. The Morgan fingerprint density at radius 3 is 2.73 bits per heavy atom. The maximum atomic E-state index is 13.5. The molecule has 5 aromatic rings. The number of aliphatic hydroxyl groups is 1. The molecule has 1 amide bonds. The normalized spacial score (nSPS) is 17.9. The molecular weight excluding hydrogens is 510 g/mol. The molecule has 0 bridgehead atoms. The first-order chi connectivity index (χ1) is 19.4. The number of amides is 1. The van der Waals surface area contributed by atoms with E-state index in [1.54, 1.807) is 6.92 Å². The highest BCUT2D eigenvalue weighted by Gasteiger charge is 2.42. The van der Waals surface area contributed by atoms with E-state index in [1.165, 1.54) is 7.11 Å². The number of carbonyl (C=O) groups is 2. The summed E-state index contributed by atoms with van der Waals surface area (Å²) in [4.78, 5) is 26.2. The molecule has 2 N–H and O–H groups in total. The topological polar surface area (TPSA) is 104 Å². The predicted octanol–water partition coefficient (Wildman–Crippen LogP) is 5.13. The van der Waals surface area contributed by atoms with E-state index in [-0.39, 0.29) is 25.5 Å². The molecule has 0 unspecified atom stereocenters. The SMILES string of the molecule is CCCOc1ccc2c(c1)c1c3c(c4c5ccccc5n5c4c1n2[C@@H](C[C@@](O)(CC)C(=O)OC)OC5)CNC3=O. The fourth-order valence-corrected chi connectivity index (χ4v) is 6.57. The second-order valence-corrected chi connectivity index (χ2v) is 10.7. The number of nitrogens with one attached hydrogen (secondary N) is 1. The van der Waals surface area contributed by atoms with Crippen LogP contribution in [0.25, 0.3) is 43.6 Å². The number of hydrogen-bond acceptors (Lipinski definition) is 6. The molecule has 2 aromatic heterocycles. The highest BCUT2D eigenvalue weighted by Crippen LogP contribution is 2.48. The number of methoxy groups -OCH3 is 1. The van der Waals surface area contributed by atoms with Crippen molar-refractivity contribution in [1.82, 2.24) is 14.5 Å². The minimum Gasteiger partial charge on any atom is -0.494 e. The van der Waals surface area contributed by atoms with Crippen LogP contribution in [0.15, 0.2) is 42.5 Å². The van der Waals surface area contributed by atoms with Crippen molar-refractivity contribution in [3.05, 3.63) is 53.6 Å². The summed E-state index contributed by atoms with van der Waals surface area (Å²) < 4.78 is 21.7. The van der Waals surface area contributed by atoms with Gasteiger partial charge in [0.05, 0.1) is 41.3 Å². The summed E-state index contributed by atoms with van der Waals surface area (Å²) in [5.41, 5.74) is 3.52. The van der Waals surface area contributed by atoms with Gasteiger partial charge in [-0.2, -0.15) is 0 Å². The highest BCUT2D eigenvalue weighted by molar-refractivity contribution is 6.31. The third-order valence-corrected chi connectivity index (χ3v) is 8.50. The number of hydrogen-bond donors (Lipinski definition) is 2. The van der Waals surface area contributed by atoms with Crippen molar-refractivity contribution in [2.75, 3.05) is 13.7 Å². The smallest absolute Gasteiger partial charge is 0.338 e. The van der Waals surface area contributed by atoms with Gasteiger partial charge in [-0.1, -0.05) is 32.0 Å². The number of carbonyl (C=O) groups excluding carboxylic acids is 2. The quantitative estimate of drug-likeness (QED) is 0.277. The van der Waals surface area contributed by atoms with Gasteiger partial charge in [0.25, 0.3) is 5.91 Å². The van der Waals surface area contributed by atoms with E-state index in [2.05, 4.69) is 33.5 Å². The number of esters is 1. The maximum Gasteiger partial charge on any atom is 0.338 e. The molecule has 9 nitrogen and oxygen atoms in total. The molecule has 0 saturated carbocycles. The summed E-state index contributed by atoms with van der Waals surface area (Å²) in [5.74, 6) is -0.0984. The van der Waals surface area contributed by atoms with Crippen LogP contribution < -0.4 is 10.1 Å². The Bertz CT molecular complexity index is 1870. The van der Waals surface area contributed by atoms with E-state index in [4.69, 9.17) is 14.2 Å². The van der Waals surface area contributed by atoms with Crippen LogP contribution in [0.5, 0.6) is 5.75 Å². The van der Waals surface area contributed by atoms with Crippen molar-refractivity contribution < 1.29 is 28.9 Å². The zero-order valence-electron chi connectivity index (χ0n) is 22.7. The Balaban J connectivity index is 1.64. The van der Waals surface area contributed by atoms with Crippen LogP contribution in [-0.4, -0.2) is 45.4 Å². The van der Waals surface area contributed by atoms with Crippen molar-refractivity contribution in [2.24, 2.45) is 0 Å². The second-order valence-electron chi connectivity index (χ2n) is 10.7. The van der Waals surface area contributed by atoms with Crippen molar-refractivity contribution in [2.45, 2.75) is 58.2 Å². The number of aromatic nitrogens is 2.